The minimum Gasteiger partial charge on any atom is -0.379 e. The van der Waals surface area contributed by atoms with Crippen molar-refractivity contribution in [2.75, 3.05) is 39.4 Å². The molecule has 2 aromatic carbocycles. The molecule has 0 aromatic heterocycles. The second-order valence-electron chi connectivity index (χ2n) is 7.97. The summed E-state index contributed by atoms with van der Waals surface area (Å²) in [6.07, 6.45) is 0. The monoisotopic (exact) mass is 424 g/mol. The van der Waals surface area contributed by atoms with Crippen LogP contribution in [0.1, 0.15) is 36.1 Å². The van der Waals surface area contributed by atoms with Crippen LogP contribution in [0.15, 0.2) is 48.5 Å². The van der Waals surface area contributed by atoms with Crippen molar-refractivity contribution in [2.45, 2.75) is 40.0 Å². The average molecular weight is 425 g/mol. The second kappa shape index (κ2) is 12.4. The molecule has 0 unspecified atom stereocenters. The zero-order chi connectivity index (χ0) is 21.9. The van der Waals surface area contributed by atoms with Gasteiger partial charge >= 0.3 is 6.03 Å². The van der Waals surface area contributed by atoms with Crippen molar-refractivity contribution in [1.29, 1.82) is 0 Å². The van der Waals surface area contributed by atoms with Crippen LogP contribution in [0.5, 0.6) is 0 Å². The highest BCUT2D eigenvalue weighted by molar-refractivity contribution is 5.73. The molecule has 3 rings (SSSR count). The summed E-state index contributed by atoms with van der Waals surface area (Å²) in [5, 5.41) is 5.96. The lowest BCUT2D eigenvalue weighted by molar-refractivity contribution is 0.0341. The van der Waals surface area contributed by atoms with Crippen LogP contribution in [0.25, 0.3) is 0 Å². The number of morpholine rings is 1. The lowest BCUT2D eigenvalue weighted by atomic mass is 10.1. The van der Waals surface area contributed by atoms with Crippen LogP contribution >= 0.6 is 0 Å². The maximum absolute atomic E-state index is 12.3. The molecular formula is C25H36N4O2. The van der Waals surface area contributed by atoms with Crippen LogP contribution in [-0.4, -0.2) is 55.2 Å². The fraction of sp³-hybridized carbons (Fsp3) is 0.480. The molecule has 0 spiro atoms. The van der Waals surface area contributed by atoms with Gasteiger partial charge in [0.1, 0.15) is 0 Å². The Labute approximate surface area is 186 Å². The maximum Gasteiger partial charge on any atom is 0.315 e. The molecule has 2 N–H and O–H groups in total. The standard InChI is InChI=1S/C25H36N4O2/c1-3-28(4-2)19-22-11-9-21(10-12-22)17-26-25(30)27-18-23-7-5-6-8-24(23)20-29-13-15-31-16-14-29/h5-12H,3-4,13-20H2,1-2H3,(H2,26,27,30). The molecule has 0 atom stereocenters. The molecular weight excluding hydrogens is 388 g/mol. The summed E-state index contributed by atoms with van der Waals surface area (Å²) in [6, 6.07) is 16.7. The second-order valence-corrected chi connectivity index (χ2v) is 7.97. The number of benzene rings is 2. The van der Waals surface area contributed by atoms with Gasteiger partial charge in [0.25, 0.3) is 0 Å². The number of nitrogens with zero attached hydrogens (tertiary/aromatic N) is 2. The quantitative estimate of drug-likeness (QED) is 0.614. The van der Waals surface area contributed by atoms with Gasteiger partial charge < -0.3 is 15.4 Å². The summed E-state index contributed by atoms with van der Waals surface area (Å²) in [4.78, 5) is 17.1. The number of amides is 2. The van der Waals surface area contributed by atoms with Crippen molar-refractivity contribution in [2.24, 2.45) is 0 Å². The highest BCUT2D eigenvalue weighted by atomic mass is 16.5. The summed E-state index contributed by atoms with van der Waals surface area (Å²) in [5.74, 6) is 0. The van der Waals surface area contributed by atoms with Crippen LogP contribution in [0.4, 0.5) is 4.79 Å². The lowest BCUT2D eigenvalue weighted by Crippen LogP contribution is -2.37. The van der Waals surface area contributed by atoms with Gasteiger partial charge in [-0.1, -0.05) is 62.4 Å². The molecule has 1 aliphatic rings. The highest BCUT2D eigenvalue weighted by Gasteiger charge is 2.13. The van der Waals surface area contributed by atoms with Crippen LogP contribution in [0.2, 0.25) is 0 Å². The molecule has 0 bridgehead atoms. The van der Waals surface area contributed by atoms with Gasteiger partial charge in [0, 0.05) is 39.3 Å². The van der Waals surface area contributed by atoms with Crippen LogP contribution in [0, 0.1) is 0 Å². The molecule has 1 fully saturated rings. The van der Waals surface area contributed by atoms with Gasteiger partial charge in [0.2, 0.25) is 0 Å². The van der Waals surface area contributed by atoms with E-state index in [1.165, 1.54) is 11.1 Å². The molecule has 6 nitrogen and oxygen atoms in total. The number of rotatable bonds is 10. The molecule has 0 aliphatic carbocycles. The van der Waals surface area contributed by atoms with Crippen LogP contribution in [0.3, 0.4) is 0 Å². The molecule has 1 aliphatic heterocycles. The highest BCUT2D eigenvalue weighted by Crippen LogP contribution is 2.13. The number of carbonyl (C=O) groups excluding carboxylic acids is 1. The molecule has 2 aromatic rings. The Kier molecular flexibility index (Phi) is 9.34. The first-order chi connectivity index (χ1) is 15.2. The molecule has 168 valence electrons. The summed E-state index contributed by atoms with van der Waals surface area (Å²) >= 11 is 0. The Morgan fingerprint density at radius 3 is 2.19 bits per heavy atom. The number of urea groups is 1. The number of hydrogen-bond donors (Lipinski definition) is 2. The smallest absolute Gasteiger partial charge is 0.315 e. The van der Waals surface area contributed by atoms with Gasteiger partial charge in [-0.2, -0.15) is 0 Å². The first-order valence-electron chi connectivity index (χ1n) is 11.4. The van der Waals surface area contributed by atoms with E-state index in [4.69, 9.17) is 4.74 Å². The fourth-order valence-electron chi connectivity index (χ4n) is 3.77. The third-order valence-electron chi connectivity index (χ3n) is 5.83. The van der Waals surface area contributed by atoms with E-state index in [-0.39, 0.29) is 6.03 Å². The van der Waals surface area contributed by atoms with Crippen molar-refractivity contribution >= 4 is 6.03 Å². The van der Waals surface area contributed by atoms with Crippen molar-refractivity contribution in [3.63, 3.8) is 0 Å². The van der Waals surface area contributed by atoms with Crippen LogP contribution < -0.4 is 10.6 Å². The SMILES string of the molecule is CCN(CC)Cc1ccc(CNC(=O)NCc2ccccc2CN2CCOCC2)cc1. The predicted molar refractivity (Wildman–Crippen MR) is 125 cm³/mol. The molecule has 0 radical (unpaired) electrons. The molecule has 2 amide bonds. The Bertz CT molecular complexity index is 799. The lowest BCUT2D eigenvalue weighted by Gasteiger charge is -2.27. The van der Waals surface area contributed by atoms with E-state index in [0.717, 1.165) is 63.6 Å². The third kappa shape index (κ3) is 7.65. The van der Waals surface area contributed by atoms with Crippen molar-refractivity contribution < 1.29 is 9.53 Å². The van der Waals surface area contributed by atoms with E-state index in [9.17, 15) is 4.79 Å². The first kappa shape index (κ1) is 23.3. The topological polar surface area (TPSA) is 56.8 Å². The molecule has 1 saturated heterocycles. The van der Waals surface area contributed by atoms with E-state index in [1.807, 2.05) is 6.07 Å². The van der Waals surface area contributed by atoms with E-state index in [0.29, 0.717) is 13.1 Å². The van der Waals surface area contributed by atoms with Crippen molar-refractivity contribution in [3.8, 4) is 0 Å². The van der Waals surface area contributed by atoms with Crippen molar-refractivity contribution in [1.82, 2.24) is 20.4 Å². The predicted octanol–water partition coefficient (Wildman–Crippen LogP) is 3.36. The Morgan fingerprint density at radius 1 is 0.903 bits per heavy atom. The summed E-state index contributed by atoms with van der Waals surface area (Å²) < 4.78 is 5.43. The van der Waals surface area contributed by atoms with E-state index >= 15 is 0 Å². The number of nitrogens with one attached hydrogen (secondary N) is 2. The number of carbonyl (C=O) groups is 1. The Hall–Kier alpha value is -2.41. The zero-order valence-electron chi connectivity index (χ0n) is 18.9. The summed E-state index contributed by atoms with van der Waals surface area (Å²) in [7, 11) is 0. The van der Waals surface area contributed by atoms with E-state index in [1.54, 1.807) is 0 Å². The fourth-order valence-corrected chi connectivity index (χ4v) is 3.77. The molecule has 0 saturated carbocycles. The summed E-state index contributed by atoms with van der Waals surface area (Å²) in [5.41, 5.74) is 4.82. The van der Waals surface area contributed by atoms with Gasteiger partial charge in [-0.3, -0.25) is 9.80 Å². The number of ether oxygens (including phenoxy) is 1. The van der Waals surface area contributed by atoms with Gasteiger partial charge in [-0.25, -0.2) is 4.79 Å². The maximum atomic E-state index is 12.3. The minimum absolute atomic E-state index is 0.145. The summed E-state index contributed by atoms with van der Waals surface area (Å²) in [6.45, 7) is 12.9. The van der Waals surface area contributed by atoms with E-state index < -0.39 is 0 Å². The average Bonchev–Trinajstić information content (AvgIpc) is 2.82. The van der Waals surface area contributed by atoms with E-state index in [2.05, 4.69) is 76.7 Å². The van der Waals surface area contributed by atoms with Crippen LogP contribution in [-0.2, 0) is 30.9 Å². The third-order valence-corrected chi connectivity index (χ3v) is 5.83. The van der Waals surface area contributed by atoms with Gasteiger partial charge in [-0.15, -0.1) is 0 Å². The Balaban J connectivity index is 1.44. The first-order valence-corrected chi connectivity index (χ1v) is 11.4. The molecule has 1 heterocycles. The largest absolute Gasteiger partial charge is 0.379 e. The minimum atomic E-state index is -0.145. The number of hydrogen-bond acceptors (Lipinski definition) is 4. The van der Waals surface area contributed by atoms with Gasteiger partial charge in [-0.05, 0) is 35.3 Å². The van der Waals surface area contributed by atoms with Gasteiger partial charge in [0.05, 0.1) is 13.2 Å². The van der Waals surface area contributed by atoms with Crippen molar-refractivity contribution in [3.05, 3.63) is 70.8 Å². The zero-order valence-corrected chi connectivity index (χ0v) is 18.9. The molecule has 31 heavy (non-hydrogen) atoms. The van der Waals surface area contributed by atoms with Gasteiger partial charge in [0.15, 0.2) is 0 Å². The molecule has 6 heteroatoms. The Morgan fingerprint density at radius 2 is 1.52 bits per heavy atom. The normalized spacial score (nSPS) is 14.5.